The fourth-order valence-electron chi connectivity index (χ4n) is 2.07. The van der Waals surface area contributed by atoms with E-state index in [1.807, 2.05) is 0 Å². The van der Waals surface area contributed by atoms with Crippen LogP contribution in [0.1, 0.15) is 26.2 Å². The van der Waals surface area contributed by atoms with Crippen LogP contribution in [0.2, 0.25) is 0 Å². The molecule has 0 spiro atoms. The predicted molar refractivity (Wildman–Crippen MR) is 60.2 cm³/mol. The normalized spacial score (nSPS) is 21.4. The van der Waals surface area contributed by atoms with Gasteiger partial charge in [-0.2, -0.15) is 0 Å². The van der Waals surface area contributed by atoms with Gasteiger partial charge in [0.15, 0.2) is 0 Å². The summed E-state index contributed by atoms with van der Waals surface area (Å²) in [6, 6.07) is 0.0232. The number of hydrogen-bond donors (Lipinski definition) is 1. The van der Waals surface area contributed by atoms with Crippen LogP contribution in [0.4, 0.5) is 4.79 Å². The van der Waals surface area contributed by atoms with Crippen LogP contribution in [0, 0.1) is 5.92 Å². The molecule has 0 aromatic rings. The molecule has 1 aliphatic heterocycles. The maximum absolute atomic E-state index is 11.8. The molecule has 1 heterocycles. The fourth-order valence-corrected chi connectivity index (χ4v) is 2.07. The van der Waals surface area contributed by atoms with E-state index in [0.29, 0.717) is 13.1 Å². The molecule has 16 heavy (non-hydrogen) atoms. The minimum atomic E-state index is -0.789. The molecule has 92 valence electrons. The number of nitrogens with zero attached hydrogens (tertiary/aromatic N) is 2. The van der Waals surface area contributed by atoms with Crippen molar-refractivity contribution in [3.63, 3.8) is 0 Å². The zero-order valence-corrected chi connectivity index (χ0v) is 9.98. The minimum absolute atomic E-state index is 0.0232. The van der Waals surface area contributed by atoms with Crippen LogP contribution in [0.25, 0.3) is 0 Å². The first-order valence-corrected chi connectivity index (χ1v) is 5.76. The standard InChI is InChI=1S/C11H20N2O3/c1-3-4-5-13-8-9(6-10(14)15)7-12(2)11(13)16/h9H,3-8H2,1-2H3,(H,14,15). The van der Waals surface area contributed by atoms with Gasteiger partial charge in [0, 0.05) is 32.6 Å². The lowest BCUT2D eigenvalue weighted by atomic mass is 10.0. The molecule has 0 bridgehead atoms. The number of unbranched alkanes of at least 4 members (excludes halogenated alkanes) is 1. The Morgan fingerprint density at radius 1 is 1.50 bits per heavy atom. The van der Waals surface area contributed by atoms with Crippen LogP contribution in [-0.2, 0) is 4.79 Å². The zero-order valence-electron chi connectivity index (χ0n) is 9.98. The second-order valence-corrected chi connectivity index (χ2v) is 4.43. The Hall–Kier alpha value is -1.26. The van der Waals surface area contributed by atoms with Gasteiger partial charge in [-0.25, -0.2) is 4.79 Å². The van der Waals surface area contributed by atoms with Crippen molar-refractivity contribution in [1.82, 2.24) is 9.80 Å². The molecule has 1 aliphatic rings. The highest BCUT2D eigenvalue weighted by molar-refractivity contribution is 5.75. The molecule has 1 unspecified atom stereocenters. The number of urea groups is 1. The number of amides is 2. The van der Waals surface area contributed by atoms with Gasteiger partial charge in [-0.15, -0.1) is 0 Å². The van der Waals surface area contributed by atoms with Crippen molar-refractivity contribution in [3.05, 3.63) is 0 Å². The monoisotopic (exact) mass is 228 g/mol. The van der Waals surface area contributed by atoms with Crippen LogP contribution in [0.15, 0.2) is 0 Å². The molecule has 1 saturated heterocycles. The van der Waals surface area contributed by atoms with Gasteiger partial charge in [0.1, 0.15) is 0 Å². The van der Waals surface area contributed by atoms with E-state index < -0.39 is 5.97 Å². The van der Waals surface area contributed by atoms with Gasteiger partial charge in [-0.3, -0.25) is 4.79 Å². The third-order valence-corrected chi connectivity index (χ3v) is 2.85. The molecule has 5 heteroatoms. The molecule has 1 fully saturated rings. The topological polar surface area (TPSA) is 60.9 Å². The van der Waals surface area contributed by atoms with Crippen molar-refractivity contribution < 1.29 is 14.7 Å². The second kappa shape index (κ2) is 5.72. The number of hydrogen-bond acceptors (Lipinski definition) is 2. The number of carboxylic acid groups (broad SMARTS) is 1. The fraction of sp³-hybridized carbons (Fsp3) is 0.818. The Morgan fingerprint density at radius 3 is 2.75 bits per heavy atom. The van der Waals surface area contributed by atoms with Crippen molar-refractivity contribution in [2.45, 2.75) is 26.2 Å². The van der Waals surface area contributed by atoms with E-state index in [9.17, 15) is 9.59 Å². The summed E-state index contributed by atoms with van der Waals surface area (Å²) in [7, 11) is 1.73. The van der Waals surface area contributed by atoms with E-state index in [1.54, 1.807) is 16.8 Å². The Bertz CT molecular complexity index is 268. The second-order valence-electron chi connectivity index (χ2n) is 4.43. The van der Waals surface area contributed by atoms with Crippen LogP contribution in [0.5, 0.6) is 0 Å². The summed E-state index contributed by atoms with van der Waals surface area (Å²) < 4.78 is 0. The maximum atomic E-state index is 11.8. The van der Waals surface area contributed by atoms with Crippen LogP contribution in [0.3, 0.4) is 0 Å². The minimum Gasteiger partial charge on any atom is -0.481 e. The summed E-state index contributed by atoms with van der Waals surface area (Å²) in [6.07, 6.45) is 2.15. The third kappa shape index (κ3) is 3.40. The van der Waals surface area contributed by atoms with Crippen molar-refractivity contribution in [3.8, 4) is 0 Å². The highest BCUT2D eigenvalue weighted by atomic mass is 16.4. The van der Waals surface area contributed by atoms with Crippen molar-refractivity contribution in [2.24, 2.45) is 5.92 Å². The summed E-state index contributed by atoms with van der Waals surface area (Å²) in [5, 5.41) is 8.76. The van der Waals surface area contributed by atoms with Crippen molar-refractivity contribution in [1.29, 1.82) is 0 Å². The van der Waals surface area contributed by atoms with Gasteiger partial charge < -0.3 is 14.9 Å². The number of carboxylic acids is 1. The molecule has 0 radical (unpaired) electrons. The first kappa shape index (κ1) is 12.8. The van der Waals surface area contributed by atoms with Crippen molar-refractivity contribution in [2.75, 3.05) is 26.7 Å². The molecular weight excluding hydrogens is 208 g/mol. The van der Waals surface area contributed by atoms with E-state index in [1.165, 1.54) is 0 Å². The summed E-state index contributed by atoms with van der Waals surface area (Å²) >= 11 is 0. The van der Waals surface area contributed by atoms with Gasteiger partial charge in [0.25, 0.3) is 0 Å². The Kier molecular flexibility index (Phi) is 4.58. The lowest BCUT2D eigenvalue weighted by Crippen LogP contribution is -2.52. The van der Waals surface area contributed by atoms with Crippen LogP contribution < -0.4 is 0 Å². The van der Waals surface area contributed by atoms with E-state index in [-0.39, 0.29) is 18.4 Å². The third-order valence-electron chi connectivity index (χ3n) is 2.85. The SMILES string of the molecule is CCCCN1CC(CC(=O)O)CN(C)C1=O. The Balaban J connectivity index is 2.54. The first-order chi connectivity index (χ1) is 7.54. The number of carbonyl (C=O) groups excluding carboxylic acids is 1. The molecule has 1 rings (SSSR count). The molecule has 0 aromatic carbocycles. The molecule has 0 aliphatic carbocycles. The van der Waals surface area contributed by atoms with Crippen LogP contribution in [-0.4, -0.2) is 53.6 Å². The number of rotatable bonds is 5. The van der Waals surface area contributed by atoms with E-state index in [4.69, 9.17) is 5.11 Å². The van der Waals surface area contributed by atoms with Gasteiger partial charge in [-0.05, 0) is 6.42 Å². The van der Waals surface area contributed by atoms with Crippen molar-refractivity contribution >= 4 is 12.0 Å². The summed E-state index contributed by atoms with van der Waals surface area (Å²) in [5.74, 6) is -0.736. The highest BCUT2D eigenvalue weighted by Crippen LogP contribution is 2.16. The molecule has 0 aromatic heterocycles. The maximum Gasteiger partial charge on any atom is 0.319 e. The molecule has 1 N–H and O–H groups in total. The largest absolute Gasteiger partial charge is 0.481 e. The lowest BCUT2D eigenvalue weighted by Gasteiger charge is -2.37. The predicted octanol–water partition coefficient (Wildman–Crippen LogP) is 1.24. The molecule has 0 saturated carbocycles. The lowest BCUT2D eigenvalue weighted by molar-refractivity contribution is -0.138. The average Bonchev–Trinajstić information content (AvgIpc) is 2.20. The first-order valence-electron chi connectivity index (χ1n) is 5.76. The molecule has 5 nitrogen and oxygen atoms in total. The van der Waals surface area contributed by atoms with E-state index in [2.05, 4.69) is 6.92 Å². The highest BCUT2D eigenvalue weighted by Gasteiger charge is 2.30. The Labute approximate surface area is 96.0 Å². The summed E-state index contributed by atoms with van der Waals surface area (Å²) in [4.78, 5) is 25.8. The van der Waals surface area contributed by atoms with Gasteiger partial charge in [0.05, 0.1) is 6.42 Å². The van der Waals surface area contributed by atoms with Gasteiger partial charge >= 0.3 is 12.0 Å². The summed E-state index contributed by atoms with van der Waals surface area (Å²) in [5.41, 5.74) is 0. The number of aliphatic carboxylic acids is 1. The average molecular weight is 228 g/mol. The number of carbonyl (C=O) groups is 2. The summed E-state index contributed by atoms with van der Waals surface area (Å²) in [6.45, 7) is 3.94. The molecule has 2 amide bonds. The Morgan fingerprint density at radius 2 is 2.19 bits per heavy atom. The quantitative estimate of drug-likeness (QED) is 0.770. The van der Waals surface area contributed by atoms with Gasteiger partial charge in [0.2, 0.25) is 0 Å². The van der Waals surface area contributed by atoms with Crippen LogP contribution >= 0.6 is 0 Å². The van der Waals surface area contributed by atoms with E-state index >= 15 is 0 Å². The van der Waals surface area contributed by atoms with E-state index in [0.717, 1.165) is 19.4 Å². The molecular formula is C11H20N2O3. The van der Waals surface area contributed by atoms with Gasteiger partial charge in [-0.1, -0.05) is 13.3 Å². The molecule has 1 atom stereocenters. The smallest absolute Gasteiger partial charge is 0.319 e. The zero-order chi connectivity index (χ0) is 12.1.